The smallest absolute Gasteiger partial charge is 0.168 e. The molecule has 1 unspecified atom stereocenters. The summed E-state index contributed by atoms with van der Waals surface area (Å²) in [6.45, 7) is 7.45. The average molecular weight is 330 g/mol. The van der Waals surface area contributed by atoms with Crippen molar-refractivity contribution in [3.63, 3.8) is 0 Å². The lowest BCUT2D eigenvalue weighted by atomic mass is 9.94. The highest BCUT2D eigenvalue weighted by atomic mass is 16.7. The lowest BCUT2D eigenvalue weighted by molar-refractivity contribution is -0.188. The fraction of sp³-hybridized carbons (Fsp3) is 0.700. The van der Waals surface area contributed by atoms with Crippen LogP contribution in [0.25, 0.3) is 0 Å². The average Bonchev–Trinajstić information content (AvgIpc) is 3.00. The van der Waals surface area contributed by atoms with E-state index in [1.54, 1.807) is 0 Å². The molecule has 4 heteroatoms. The number of benzene rings is 1. The van der Waals surface area contributed by atoms with Crippen molar-refractivity contribution in [3.8, 4) is 0 Å². The van der Waals surface area contributed by atoms with Gasteiger partial charge in [-0.1, -0.05) is 36.8 Å². The van der Waals surface area contributed by atoms with E-state index in [9.17, 15) is 0 Å². The van der Waals surface area contributed by atoms with Gasteiger partial charge in [-0.3, -0.25) is 9.80 Å². The van der Waals surface area contributed by atoms with Gasteiger partial charge in [-0.15, -0.1) is 0 Å². The second-order valence-corrected chi connectivity index (χ2v) is 7.58. The van der Waals surface area contributed by atoms with Gasteiger partial charge in [0, 0.05) is 52.1 Å². The zero-order valence-electron chi connectivity index (χ0n) is 14.7. The summed E-state index contributed by atoms with van der Waals surface area (Å²) in [5.74, 6) is -0.224. The van der Waals surface area contributed by atoms with Crippen LogP contribution in [0, 0.1) is 0 Å². The molecule has 4 nitrogen and oxygen atoms in total. The largest absolute Gasteiger partial charge is 0.347 e. The van der Waals surface area contributed by atoms with Crippen molar-refractivity contribution >= 4 is 0 Å². The van der Waals surface area contributed by atoms with Gasteiger partial charge in [0.2, 0.25) is 0 Å². The highest BCUT2D eigenvalue weighted by molar-refractivity contribution is 5.14. The summed E-state index contributed by atoms with van der Waals surface area (Å²) in [4.78, 5) is 5.11. The Bertz CT molecular complexity index is 508. The predicted octanol–water partition coefficient (Wildman–Crippen LogP) is 2.88. The van der Waals surface area contributed by atoms with Gasteiger partial charge >= 0.3 is 0 Å². The Morgan fingerprint density at radius 2 is 1.62 bits per heavy atom. The lowest BCUT2D eigenvalue weighted by Crippen LogP contribution is -2.48. The first-order chi connectivity index (χ1) is 11.8. The Labute approximate surface area is 145 Å². The van der Waals surface area contributed by atoms with Gasteiger partial charge in [-0.25, -0.2) is 0 Å². The number of piperazine rings is 1. The molecule has 3 fully saturated rings. The maximum atomic E-state index is 6.34. The Morgan fingerprint density at radius 1 is 0.917 bits per heavy atom. The van der Waals surface area contributed by atoms with Crippen LogP contribution in [0.1, 0.15) is 37.7 Å². The highest BCUT2D eigenvalue weighted by Gasteiger charge is 2.42. The molecule has 1 saturated carbocycles. The third-order valence-electron chi connectivity index (χ3n) is 5.70. The van der Waals surface area contributed by atoms with E-state index in [0.29, 0.717) is 0 Å². The summed E-state index contributed by atoms with van der Waals surface area (Å²) in [6.07, 6.45) is 6.30. The van der Waals surface area contributed by atoms with Gasteiger partial charge in [0.1, 0.15) is 0 Å². The molecule has 24 heavy (non-hydrogen) atoms. The summed E-state index contributed by atoms with van der Waals surface area (Å²) in [6, 6.07) is 10.8. The SMILES string of the molecule is c1ccc(CN2CCN(CC3COC4(CCCCC4)O3)CC2)cc1. The molecule has 0 amide bonds. The molecule has 4 rings (SSSR count). The van der Waals surface area contributed by atoms with Gasteiger partial charge in [-0.05, 0) is 18.4 Å². The van der Waals surface area contributed by atoms with Crippen molar-refractivity contribution in [1.82, 2.24) is 9.80 Å². The Hall–Kier alpha value is -0.940. The Kier molecular flexibility index (Phi) is 5.18. The van der Waals surface area contributed by atoms with E-state index < -0.39 is 0 Å². The fourth-order valence-corrected chi connectivity index (χ4v) is 4.32. The van der Waals surface area contributed by atoms with E-state index in [2.05, 4.69) is 40.1 Å². The predicted molar refractivity (Wildman–Crippen MR) is 94.8 cm³/mol. The minimum Gasteiger partial charge on any atom is -0.347 e. The van der Waals surface area contributed by atoms with Crippen molar-refractivity contribution in [2.75, 3.05) is 39.3 Å². The van der Waals surface area contributed by atoms with Crippen LogP contribution in [0.3, 0.4) is 0 Å². The first kappa shape index (κ1) is 16.5. The molecule has 1 aromatic carbocycles. The zero-order chi connectivity index (χ0) is 16.2. The van der Waals surface area contributed by atoms with Crippen molar-refractivity contribution in [3.05, 3.63) is 35.9 Å². The van der Waals surface area contributed by atoms with E-state index >= 15 is 0 Å². The molecule has 1 aliphatic carbocycles. The Balaban J connectivity index is 1.21. The van der Waals surface area contributed by atoms with Crippen molar-refractivity contribution < 1.29 is 9.47 Å². The maximum absolute atomic E-state index is 6.34. The normalized spacial score (nSPS) is 28.4. The maximum Gasteiger partial charge on any atom is 0.168 e. The van der Waals surface area contributed by atoms with Crippen LogP contribution in [0.2, 0.25) is 0 Å². The first-order valence-corrected chi connectivity index (χ1v) is 9.62. The van der Waals surface area contributed by atoms with Crippen LogP contribution < -0.4 is 0 Å². The summed E-state index contributed by atoms with van der Waals surface area (Å²) in [5, 5.41) is 0. The highest BCUT2D eigenvalue weighted by Crippen LogP contribution is 2.37. The molecule has 2 saturated heterocycles. The van der Waals surface area contributed by atoms with Crippen molar-refractivity contribution in [2.24, 2.45) is 0 Å². The third-order valence-corrected chi connectivity index (χ3v) is 5.70. The monoisotopic (exact) mass is 330 g/mol. The van der Waals surface area contributed by atoms with E-state index in [1.807, 2.05) is 0 Å². The summed E-state index contributed by atoms with van der Waals surface area (Å²) < 4.78 is 12.4. The summed E-state index contributed by atoms with van der Waals surface area (Å²) in [7, 11) is 0. The van der Waals surface area contributed by atoms with Gasteiger partial charge in [0.05, 0.1) is 12.7 Å². The van der Waals surface area contributed by atoms with Gasteiger partial charge < -0.3 is 9.47 Å². The molecule has 1 spiro atoms. The van der Waals surface area contributed by atoms with E-state index in [4.69, 9.17) is 9.47 Å². The quantitative estimate of drug-likeness (QED) is 0.847. The fourth-order valence-electron chi connectivity index (χ4n) is 4.32. The van der Waals surface area contributed by atoms with Crippen LogP contribution in [0.5, 0.6) is 0 Å². The Morgan fingerprint density at radius 3 is 2.38 bits per heavy atom. The number of rotatable bonds is 4. The summed E-state index contributed by atoms with van der Waals surface area (Å²) in [5.41, 5.74) is 1.41. The molecule has 3 aliphatic rings. The lowest BCUT2D eigenvalue weighted by Gasteiger charge is -2.36. The van der Waals surface area contributed by atoms with Gasteiger partial charge in [0.25, 0.3) is 0 Å². The van der Waals surface area contributed by atoms with E-state index in [0.717, 1.165) is 58.7 Å². The summed E-state index contributed by atoms with van der Waals surface area (Å²) >= 11 is 0. The third kappa shape index (κ3) is 3.99. The number of nitrogens with zero attached hydrogens (tertiary/aromatic N) is 2. The van der Waals surface area contributed by atoms with E-state index in [1.165, 1.54) is 24.8 Å². The van der Waals surface area contributed by atoms with Crippen molar-refractivity contribution in [2.45, 2.75) is 50.5 Å². The van der Waals surface area contributed by atoms with Crippen molar-refractivity contribution in [1.29, 1.82) is 0 Å². The molecule has 0 N–H and O–H groups in total. The van der Waals surface area contributed by atoms with Crippen LogP contribution >= 0.6 is 0 Å². The molecule has 0 radical (unpaired) electrons. The van der Waals surface area contributed by atoms with Crippen LogP contribution in [0.4, 0.5) is 0 Å². The number of hydrogen-bond acceptors (Lipinski definition) is 4. The van der Waals surface area contributed by atoms with E-state index in [-0.39, 0.29) is 11.9 Å². The molecule has 1 atom stereocenters. The number of ether oxygens (including phenoxy) is 2. The standard InChI is InChI=1S/C20H30N2O2/c1-3-7-18(8-4-1)15-21-11-13-22(14-12-21)16-19-17-23-20(24-19)9-5-2-6-10-20/h1,3-4,7-8,19H,2,5-6,9-17H2. The van der Waals surface area contributed by atoms with Gasteiger partial charge in [-0.2, -0.15) is 0 Å². The topological polar surface area (TPSA) is 24.9 Å². The molecule has 132 valence electrons. The second kappa shape index (κ2) is 7.52. The molecular formula is C20H30N2O2. The molecule has 0 bridgehead atoms. The minimum atomic E-state index is -0.224. The van der Waals surface area contributed by atoms with Crippen LogP contribution in [-0.2, 0) is 16.0 Å². The van der Waals surface area contributed by atoms with Gasteiger partial charge in [0.15, 0.2) is 5.79 Å². The first-order valence-electron chi connectivity index (χ1n) is 9.62. The minimum absolute atomic E-state index is 0.224. The molecular weight excluding hydrogens is 300 g/mol. The second-order valence-electron chi connectivity index (χ2n) is 7.58. The van der Waals surface area contributed by atoms with Crippen LogP contribution in [-0.4, -0.2) is 61.0 Å². The molecule has 2 aliphatic heterocycles. The zero-order valence-corrected chi connectivity index (χ0v) is 14.7. The molecule has 1 aromatic rings. The molecule has 0 aromatic heterocycles. The number of hydrogen-bond donors (Lipinski definition) is 0. The van der Waals surface area contributed by atoms with Crippen LogP contribution in [0.15, 0.2) is 30.3 Å². The molecule has 2 heterocycles.